The van der Waals surface area contributed by atoms with Crippen molar-refractivity contribution < 1.29 is 22.6 Å². The quantitative estimate of drug-likeness (QED) is 0.622. The first-order valence-electron chi connectivity index (χ1n) is 9.77. The van der Waals surface area contributed by atoms with E-state index in [-0.39, 0.29) is 0 Å². The van der Waals surface area contributed by atoms with Gasteiger partial charge in [0.05, 0.1) is 25.4 Å². The molecule has 0 spiro atoms. The van der Waals surface area contributed by atoms with Crippen LogP contribution in [0, 0.1) is 0 Å². The Kier molecular flexibility index (Phi) is 7.33. The van der Waals surface area contributed by atoms with Gasteiger partial charge in [0.2, 0.25) is 0 Å². The molecule has 5 nitrogen and oxygen atoms in total. The molecule has 29 heavy (non-hydrogen) atoms. The maximum atomic E-state index is 12.9. The summed E-state index contributed by atoms with van der Waals surface area (Å²) in [5.74, 6) is 0.627. The van der Waals surface area contributed by atoms with Crippen LogP contribution < -0.4 is 10.3 Å². The number of ether oxygens (including phenoxy) is 2. The van der Waals surface area contributed by atoms with Crippen molar-refractivity contribution in [3.05, 3.63) is 58.5 Å². The first-order chi connectivity index (χ1) is 13.9. The van der Waals surface area contributed by atoms with E-state index in [4.69, 9.17) is 9.47 Å². The molecule has 2 aromatic rings. The van der Waals surface area contributed by atoms with Crippen LogP contribution in [0.5, 0.6) is 5.75 Å². The molecule has 0 saturated carbocycles. The molecule has 1 aromatic carbocycles. The molecule has 3 rings (SSSR count). The van der Waals surface area contributed by atoms with Gasteiger partial charge in [0.1, 0.15) is 5.75 Å². The fraction of sp³-hybridized carbons (Fsp3) is 0.476. The molecule has 1 aliphatic rings. The Morgan fingerprint density at radius 1 is 0.966 bits per heavy atom. The minimum Gasteiger partial charge on any atom is -0.494 e. The molecule has 1 aromatic heterocycles. The Morgan fingerprint density at radius 3 is 2.38 bits per heavy atom. The molecule has 0 bridgehead atoms. The number of unbranched alkanes of at least 4 members (excludes halogenated alkanes) is 2. The molecule has 1 saturated heterocycles. The predicted octanol–water partition coefficient (Wildman–Crippen LogP) is 3.74. The van der Waals surface area contributed by atoms with Crippen LogP contribution in [-0.4, -0.2) is 48.9 Å². The molecule has 0 N–H and O–H groups in total. The zero-order chi connectivity index (χ0) is 20.7. The summed E-state index contributed by atoms with van der Waals surface area (Å²) in [7, 11) is 0. The van der Waals surface area contributed by atoms with Crippen LogP contribution in [0.25, 0.3) is 5.69 Å². The third-order valence-electron chi connectivity index (χ3n) is 4.84. The van der Waals surface area contributed by atoms with Gasteiger partial charge in [-0.05, 0) is 56.1 Å². The number of benzene rings is 1. The van der Waals surface area contributed by atoms with Gasteiger partial charge in [-0.2, -0.15) is 13.2 Å². The van der Waals surface area contributed by atoms with E-state index in [0.717, 1.165) is 75.0 Å². The molecule has 2 heterocycles. The van der Waals surface area contributed by atoms with Gasteiger partial charge in [-0.1, -0.05) is 0 Å². The smallest absolute Gasteiger partial charge is 0.417 e. The molecule has 0 amide bonds. The lowest BCUT2D eigenvalue weighted by molar-refractivity contribution is -0.138. The van der Waals surface area contributed by atoms with Gasteiger partial charge in [-0.25, -0.2) is 0 Å². The Labute approximate surface area is 167 Å². The number of hydrogen-bond donors (Lipinski definition) is 0. The average Bonchev–Trinajstić information content (AvgIpc) is 2.71. The van der Waals surface area contributed by atoms with E-state index in [9.17, 15) is 18.0 Å². The second-order valence-electron chi connectivity index (χ2n) is 6.98. The molecular weight excluding hydrogens is 385 g/mol. The van der Waals surface area contributed by atoms with E-state index in [1.165, 1.54) is 0 Å². The lowest BCUT2D eigenvalue weighted by Gasteiger charge is -2.26. The zero-order valence-corrected chi connectivity index (χ0v) is 16.2. The van der Waals surface area contributed by atoms with Gasteiger partial charge in [-0.15, -0.1) is 0 Å². The van der Waals surface area contributed by atoms with Crippen LogP contribution in [0.1, 0.15) is 24.8 Å². The Hall–Kier alpha value is -2.32. The summed E-state index contributed by atoms with van der Waals surface area (Å²) in [5, 5.41) is 0. The summed E-state index contributed by atoms with van der Waals surface area (Å²) in [6, 6.07) is 8.19. The van der Waals surface area contributed by atoms with Crippen molar-refractivity contribution in [1.82, 2.24) is 9.47 Å². The van der Waals surface area contributed by atoms with Gasteiger partial charge >= 0.3 is 6.18 Å². The first-order valence-corrected chi connectivity index (χ1v) is 9.77. The third kappa shape index (κ3) is 6.33. The van der Waals surface area contributed by atoms with Crippen LogP contribution in [0.2, 0.25) is 0 Å². The number of halogens is 3. The van der Waals surface area contributed by atoms with Gasteiger partial charge in [0.25, 0.3) is 5.56 Å². The minimum absolute atomic E-state index is 0.360. The molecule has 8 heteroatoms. The fourth-order valence-electron chi connectivity index (χ4n) is 3.19. The Balaban J connectivity index is 1.46. The topological polar surface area (TPSA) is 43.7 Å². The number of hydrogen-bond acceptors (Lipinski definition) is 4. The van der Waals surface area contributed by atoms with E-state index in [1.807, 2.05) is 0 Å². The second kappa shape index (κ2) is 9.93. The highest BCUT2D eigenvalue weighted by atomic mass is 19.4. The Morgan fingerprint density at radius 2 is 1.69 bits per heavy atom. The van der Waals surface area contributed by atoms with Gasteiger partial charge < -0.3 is 9.47 Å². The normalized spacial score (nSPS) is 15.4. The number of alkyl halides is 3. The van der Waals surface area contributed by atoms with Crippen LogP contribution in [0.4, 0.5) is 13.2 Å². The second-order valence-corrected chi connectivity index (χ2v) is 6.98. The van der Waals surface area contributed by atoms with Crippen LogP contribution in [0.15, 0.2) is 47.4 Å². The van der Waals surface area contributed by atoms with Crippen LogP contribution >= 0.6 is 0 Å². The minimum atomic E-state index is -4.50. The SMILES string of the molecule is O=c1ccc(C(F)(F)F)cn1-c1ccc(OCCCCCN2CCOCC2)cc1. The molecule has 0 radical (unpaired) electrons. The Bertz CT molecular complexity index is 828. The number of nitrogens with zero attached hydrogens (tertiary/aromatic N) is 2. The first kappa shape index (κ1) is 21.4. The van der Waals surface area contributed by atoms with Gasteiger partial charge in [0, 0.05) is 31.0 Å². The molecule has 0 atom stereocenters. The van der Waals surface area contributed by atoms with Crippen molar-refractivity contribution in [2.45, 2.75) is 25.4 Å². The molecule has 0 aliphatic carbocycles. The van der Waals surface area contributed by atoms with Crippen LogP contribution in [0.3, 0.4) is 0 Å². The van der Waals surface area contributed by atoms with Crippen molar-refractivity contribution in [3.63, 3.8) is 0 Å². The average molecular weight is 410 g/mol. The maximum absolute atomic E-state index is 12.9. The summed E-state index contributed by atoms with van der Waals surface area (Å²) < 4.78 is 50.6. The van der Waals surface area contributed by atoms with Gasteiger partial charge in [0.15, 0.2) is 0 Å². The third-order valence-corrected chi connectivity index (χ3v) is 4.84. The summed E-state index contributed by atoms with van der Waals surface area (Å²) in [6.45, 7) is 5.27. The molecular formula is C21H25F3N2O3. The molecule has 1 fully saturated rings. The monoisotopic (exact) mass is 410 g/mol. The van der Waals surface area contributed by atoms with Crippen molar-refractivity contribution in [2.75, 3.05) is 39.5 Å². The van der Waals surface area contributed by atoms with Crippen molar-refractivity contribution in [1.29, 1.82) is 0 Å². The molecule has 0 unspecified atom stereocenters. The highest BCUT2D eigenvalue weighted by Crippen LogP contribution is 2.28. The van der Waals surface area contributed by atoms with Crippen LogP contribution in [-0.2, 0) is 10.9 Å². The summed E-state index contributed by atoms with van der Waals surface area (Å²) >= 11 is 0. The molecule has 158 valence electrons. The predicted molar refractivity (Wildman–Crippen MR) is 104 cm³/mol. The van der Waals surface area contributed by atoms with E-state index in [2.05, 4.69) is 4.90 Å². The number of rotatable bonds is 8. The lowest BCUT2D eigenvalue weighted by Crippen LogP contribution is -2.36. The maximum Gasteiger partial charge on any atom is 0.417 e. The highest BCUT2D eigenvalue weighted by molar-refractivity contribution is 5.38. The standard InChI is InChI=1S/C21H25F3N2O3/c22-21(23,24)17-4-9-20(27)26(16-17)18-5-7-19(8-6-18)29-13-3-1-2-10-25-11-14-28-15-12-25/h4-9,16H,1-3,10-15H2. The number of aromatic nitrogens is 1. The van der Waals surface area contributed by atoms with Crippen molar-refractivity contribution in [3.8, 4) is 11.4 Å². The summed E-state index contributed by atoms with van der Waals surface area (Å²) in [4.78, 5) is 14.3. The van der Waals surface area contributed by atoms with E-state index >= 15 is 0 Å². The zero-order valence-electron chi connectivity index (χ0n) is 16.2. The fourth-order valence-corrected chi connectivity index (χ4v) is 3.19. The van der Waals surface area contributed by atoms with E-state index < -0.39 is 17.3 Å². The van der Waals surface area contributed by atoms with E-state index in [1.54, 1.807) is 24.3 Å². The summed E-state index contributed by atoms with van der Waals surface area (Å²) in [6.07, 6.45) is -0.581. The number of morpholine rings is 1. The summed E-state index contributed by atoms with van der Waals surface area (Å²) in [5.41, 5.74) is -1.03. The van der Waals surface area contributed by atoms with Crippen molar-refractivity contribution >= 4 is 0 Å². The van der Waals surface area contributed by atoms with E-state index in [0.29, 0.717) is 18.0 Å². The van der Waals surface area contributed by atoms with Crippen molar-refractivity contribution in [2.24, 2.45) is 0 Å². The lowest BCUT2D eigenvalue weighted by atomic mass is 10.2. The molecule has 1 aliphatic heterocycles. The number of pyridine rings is 1. The largest absolute Gasteiger partial charge is 0.494 e. The highest BCUT2D eigenvalue weighted by Gasteiger charge is 2.31. The van der Waals surface area contributed by atoms with Gasteiger partial charge in [-0.3, -0.25) is 14.3 Å².